The summed E-state index contributed by atoms with van der Waals surface area (Å²) in [6.07, 6.45) is 0. The van der Waals surface area contributed by atoms with Crippen LogP contribution in [0.3, 0.4) is 0 Å². The fraction of sp³-hybridized carbons (Fsp3) is 0.263. The van der Waals surface area contributed by atoms with Gasteiger partial charge in [0.2, 0.25) is 0 Å². The molecule has 10 rings (SSSR count). The number of nitrogens with zero attached hydrogens (tertiary/aromatic N) is 2. The number of amides is 4. The summed E-state index contributed by atoms with van der Waals surface area (Å²) >= 11 is 0. The van der Waals surface area contributed by atoms with Crippen LogP contribution in [0.15, 0.2) is 91.0 Å². The monoisotopic (exact) mass is 844 g/mol. The van der Waals surface area contributed by atoms with E-state index in [2.05, 4.69) is 74.4 Å². The van der Waals surface area contributed by atoms with Gasteiger partial charge in [0.05, 0.1) is 16.9 Å². The maximum absolute atomic E-state index is 15.4. The molecule has 64 heavy (non-hydrogen) atoms. The molecular formula is C57H52N2O5. The van der Waals surface area contributed by atoms with Crippen molar-refractivity contribution in [2.24, 2.45) is 0 Å². The van der Waals surface area contributed by atoms with Crippen LogP contribution in [0.2, 0.25) is 0 Å². The second-order valence-electron chi connectivity index (χ2n) is 19.2. The van der Waals surface area contributed by atoms with E-state index >= 15 is 19.2 Å². The summed E-state index contributed by atoms with van der Waals surface area (Å²) < 4.78 is 7.10. The van der Waals surface area contributed by atoms with Gasteiger partial charge in [-0.05, 0) is 124 Å². The summed E-state index contributed by atoms with van der Waals surface area (Å²) in [5, 5.41) is 5.73. The molecule has 8 aromatic carbocycles. The van der Waals surface area contributed by atoms with Gasteiger partial charge in [-0.3, -0.25) is 19.2 Å². The third-order valence-electron chi connectivity index (χ3n) is 13.6. The second kappa shape index (κ2) is 14.6. The zero-order valence-electron chi connectivity index (χ0n) is 38.4. The van der Waals surface area contributed by atoms with E-state index < -0.39 is 5.91 Å². The largest absolute Gasteiger partial charge is 0.456 e. The van der Waals surface area contributed by atoms with Crippen molar-refractivity contribution in [1.29, 1.82) is 0 Å². The highest BCUT2D eigenvalue weighted by Gasteiger charge is 2.41. The zero-order valence-corrected chi connectivity index (χ0v) is 38.4. The Hall–Kier alpha value is -6.86. The molecule has 0 bridgehead atoms. The van der Waals surface area contributed by atoms with Gasteiger partial charge in [0.1, 0.15) is 11.5 Å². The Morgan fingerprint density at radius 2 is 0.781 bits per heavy atom. The summed E-state index contributed by atoms with van der Waals surface area (Å²) in [7, 11) is 0. The Labute approximate surface area is 374 Å². The van der Waals surface area contributed by atoms with Crippen molar-refractivity contribution >= 4 is 78.1 Å². The van der Waals surface area contributed by atoms with Gasteiger partial charge >= 0.3 is 0 Å². The van der Waals surface area contributed by atoms with Gasteiger partial charge in [-0.15, -0.1) is 0 Å². The SMILES string of the molecule is Cc1cc(C)c(Oc2cc3c4c(ccc5c6ccc7c8c(ccc(c2c45)c86)C(=O)N(c2c(C(C)C)cccc2C(C)C)C7=O)C(=O)N(c2c(C(C)C)cccc2C(C)C)C3=O)c(C)c1. The normalized spacial score (nSPS) is 14.2. The molecular weight excluding hydrogens is 793 g/mol. The fourth-order valence-electron chi connectivity index (χ4n) is 10.8. The molecule has 0 atom stereocenters. The maximum Gasteiger partial charge on any atom is 0.266 e. The lowest BCUT2D eigenvalue weighted by Gasteiger charge is -2.34. The summed E-state index contributed by atoms with van der Waals surface area (Å²) in [5.74, 6) is -0.168. The van der Waals surface area contributed by atoms with Crippen LogP contribution < -0.4 is 14.5 Å². The van der Waals surface area contributed by atoms with Crippen LogP contribution in [0.5, 0.6) is 11.5 Å². The number of aryl methyl sites for hydroxylation is 3. The summed E-state index contributed by atoms with van der Waals surface area (Å²) in [6.45, 7) is 22.8. The van der Waals surface area contributed by atoms with Gasteiger partial charge in [0, 0.05) is 38.2 Å². The Balaban J connectivity index is 1.29. The Kier molecular flexibility index (Phi) is 9.39. The molecule has 0 fully saturated rings. The quantitative estimate of drug-likeness (QED) is 0.0864. The number of anilines is 2. The van der Waals surface area contributed by atoms with Crippen LogP contribution in [0.1, 0.15) is 159 Å². The molecule has 0 saturated carbocycles. The molecule has 2 aliphatic rings. The standard InChI is InChI=1S/C57H52N2O5/c1-27(2)34-14-12-15-35(28(3)4)51(34)58-54(60)41-21-18-38-39-19-22-43-48-44(57(63)59(56(43)62)52-36(29(5)6)16-13-17-37(52)30(7)8)26-45(64-53-32(10)24-31(9)25-33(53)11)49(50(39)48)40-20-23-42(55(58)61)47(41)46(38)40/h12-30H,1-11H3. The first-order valence-electron chi connectivity index (χ1n) is 22.5. The van der Waals surface area contributed by atoms with Crippen LogP contribution in [0, 0.1) is 20.8 Å². The summed E-state index contributed by atoms with van der Waals surface area (Å²) in [4.78, 5) is 63.3. The van der Waals surface area contributed by atoms with Crippen molar-refractivity contribution in [2.75, 3.05) is 9.80 Å². The lowest BCUT2D eigenvalue weighted by Crippen LogP contribution is -2.42. The van der Waals surface area contributed by atoms with Crippen LogP contribution in [0.25, 0.3) is 43.1 Å². The van der Waals surface area contributed by atoms with Gasteiger partial charge in [-0.25, -0.2) is 9.80 Å². The van der Waals surface area contributed by atoms with E-state index in [0.717, 1.165) is 65.9 Å². The molecule has 8 aromatic rings. The molecule has 7 nitrogen and oxygen atoms in total. The van der Waals surface area contributed by atoms with Gasteiger partial charge in [-0.2, -0.15) is 0 Å². The van der Waals surface area contributed by atoms with E-state index in [1.807, 2.05) is 92.7 Å². The number of carbonyl (C=O) groups excluding carboxylic acids is 4. The Bertz CT molecular complexity index is 3290. The molecule has 0 aliphatic carbocycles. The number of benzene rings is 8. The minimum atomic E-state index is -0.409. The highest BCUT2D eigenvalue weighted by Crippen LogP contribution is 2.52. The number of para-hydroxylation sites is 2. The Morgan fingerprint density at radius 1 is 0.406 bits per heavy atom. The highest BCUT2D eigenvalue weighted by atomic mass is 16.5. The highest BCUT2D eigenvalue weighted by molar-refractivity contribution is 6.46. The third kappa shape index (κ3) is 5.72. The number of ether oxygens (including phenoxy) is 1. The molecule has 2 aliphatic heterocycles. The lowest BCUT2D eigenvalue weighted by atomic mass is 9.81. The molecule has 0 N–H and O–H groups in total. The summed E-state index contributed by atoms with van der Waals surface area (Å²) in [5.41, 5.74) is 9.69. The van der Waals surface area contributed by atoms with E-state index in [4.69, 9.17) is 4.74 Å². The predicted molar refractivity (Wildman–Crippen MR) is 260 cm³/mol. The Morgan fingerprint density at radius 3 is 1.20 bits per heavy atom. The molecule has 0 saturated heterocycles. The number of rotatable bonds is 8. The molecule has 2 heterocycles. The van der Waals surface area contributed by atoms with Crippen LogP contribution in [0.4, 0.5) is 11.4 Å². The van der Waals surface area contributed by atoms with E-state index in [-0.39, 0.29) is 41.4 Å². The van der Waals surface area contributed by atoms with Crippen molar-refractivity contribution < 1.29 is 23.9 Å². The zero-order chi connectivity index (χ0) is 45.4. The molecule has 4 amide bonds. The van der Waals surface area contributed by atoms with Crippen molar-refractivity contribution in [3.8, 4) is 11.5 Å². The topological polar surface area (TPSA) is 84.0 Å². The molecule has 0 aromatic heterocycles. The van der Waals surface area contributed by atoms with Gasteiger partial charge in [0.15, 0.2) is 0 Å². The second-order valence-corrected chi connectivity index (χ2v) is 19.2. The van der Waals surface area contributed by atoms with E-state index in [1.54, 1.807) is 0 Å². The average Bonchev–Trinajstić information content (AvgIpc) is 3.25. The molecule has 0 unspecified atom stereocenters. The molecule has 7 heteroatoms. The van der Waals surface area contributed by atoms with Crippen molar-refractivity contribution in [1.82, 2.24) is 0 Å². The van der Waals surface area contributed by atoms with E-state index in [9.17, 15) is 0 Å². The van der Waals surface area contributed by atoms with Gasteiger partial charge < -0.3 is 4.74 Å². The number of hydrogen-bond donors (Lipinski definition) is 0. The number of imide groups is 2. The van der Waals surface area contributed by atoms with Crippen LogP contribution in [-0.2, 0) is 0 Å². The van der Waals surface area contributed by atoms with E-state index in [0.29, 0.717) is 61.3 Å². The smallest absolute Gasteiger partial charge is 0.266 e. The predicted octanol–water partition coefficient (Wildman–Crippen LogP) is 14.5. The summed E-state index contributed by atoms with van der Waals surface area (Å²) in [6, 6.07) is 29.4. The minimum absolute atomic E-state index is 0.0455. The number of hydrogen-bond acceptors (Lipinski definition) is 5. The van der Waals surface area contributed by atoms with Gasteiger partial charge in [0.25, 0.3) is 23.6 Å². The molecule has 320 valence electrons. The fourth-order valence-corrected chi connectivity index (χ4v) is 10.8. The van der Waals surface area contributed by atoms with Crippen molar-refractivity contribution in [2.45, 2.75) is 99.8 Å². The maximum atomic E-state index is 15.4. The van der Waals surface area contributed by atoms with Crippen LogP contribution in [-0.4, -0.2) is 23.6 Å². The van der Waals surface area contributed by atoms with E-state index in [1.165, 1.54) is 9.80 Å². The van der Waals surface area contributed by atoms with Crippen LogP contribution >= 0.6 is 0 Å². The number of fused-ring (bicyclic) bond motifs is 2. The van der Waals surface area contributed by atoms with Crippen molar-refractivity contribution in [3.63, 3.8) is 0 Å². The lowest BCUT2D eigenvalue weighted by molar-refractivity contribution is 0.0877. The molecule has 0 spiro atoms. The third-order valence-corrected chi connectivity index (χ3v) is 13.6. The molecule has 0 radical (unpaired) electrons. The first-order valence-corrected chi connectivity index (χ1v) is 22.5. The van der Waals surface area contributed by atoms with Gasteiger partial charge in [-0.1, -0.05) is 128 Å². The van der Waals surface area contributed by atoms with Crippen molar-refractivity contribution in [3.05, 3.63) is 152 Å². The first kappa shape index (κ1) is 41.2. The minimum Gasteiger partial charge on any atom is -0.456 e. The average molecular weight is 845 g/mol. The first-order chi connectivity index (χ1) is 30.5. The number of carbonyl (C=O) groups is 4.